The molecule has 0 aliphatic rings. The van der Waals surface area contributed by atoms with Crippen LogP contribution in [0.1, 0.15) is 20.8 Å². The van der Waals surface area contributed by atoms with E-state index in [0.29, 0.717) is 0 Å². The zero-order valence-electron chi connectivity index (χ0n) is 9.21. The highest BCUT2D eigenvalue weighted by atomic mass is 19.1. The molecule has 6 nitrogen and oxygen atoms in total. The largest absolute Gasteiger partial charge is 0.479 e. The first-order valence-corrected chi connectivity index (χ1v) is 4.58. The van der Waals surface area contributed by atoms with Crippen molar-refractivity contribution in [3.8, 4) is 6.01 Å². The Morgan fingerprint density at radius 2 is 2.12 bits per heavy atom. The van der Waals surface area contributed by atoms with Gasteiger partial charge in [0.15, 0.2) is 11.6 Å². The number of halogens is 1. The van der Waals surface area contributed by atoms with Gasteiger partial charge in [-0.1, -0.05) is 0 Å². The van der Waals surface area contributed by atoms with Crippen molar-refractivity contribution in [2.24, 2.45) is 0 Å². The molecule has 1 aromatic heterocycles. The van der Waals surface area contributed by atoms with Crippen molar-refractivity contribution in [2.75, 3.05) is 5.32 Å². The fourth-order valence-corrected chi connectivity index (χ4v) is 0.925. The highest BCUT2D eigenvalue weighted by molar-refractivity contribution is 5.88. The normalized spacial score (nSPS) is 11.0. The molecular weight excluding hydrogens is 215 g/mol. The summed E-state index contributed by atoms with van der Waals surface area (Å²) in [6, 6.07) is -1.21. The Labute approximate surface area is 91.9 Å². The Bertz CT molecular complexity index is 403. The monoisotopic (exact) mass is 228 g/mol. The zero-order chi connectivity index (χ0) is 12.3. The lowest BCUT2D eigenvalue weighted by atomic mass is 10.1. The Kier molecular flexibility index (Phi) is 3.26. The zero-order valence-corrected chi connectivity index (χ0v) is 9.21. The summed E-state index contributed by atoms with van der Waals surface area (Å²) in [6.45, 7) is 5.33. The van der Waals surface area contributed by atoms with Gasteiger partial charge in [0.25, 0.3) is 0 Å². The minimum absolute atomic E-state index is 0.366. The minimum Gasteiger partial charge on any atom is -0.479 e. The van der Waals surface area contributed by atoms with Crippen molar-refractivity contribution in [1.29, 1.82) is 0 Å². The third kappa shape index (κ3) is 3.68. The second kappa shape index (κ2) is 4.30. The van der Waals surface area contributed by atoms with E-state index in [9.17, 15) is 9.18 Å². The standard InChI is InChI=1S/C9H13FN4O2/c1-9(2,3)14-8(16)13-6-5(10)4-11-7(15)12-6/h4H,1-3H3,(H3,11,12,13,14,15,16). The van der Waals surface area contributed by atoms with E-state index in [-0.39, 0.29) is 5.82 Å². The number of carbonyl (C=O) groups is 1. The Morgan fingerprint density at radius 3 is 2.69 bits per heavy atom. The lowest BCUT2D eigenvalue weighted by molar-refractivity contribution is 0.243. The number of hydrogen-bond acceptors (Lipinski definition) is 4. The van der Waals surface area contributed by atoms with Crippen LogP contribution in [-0.4, -0.2) is 26.6 Å². The topological polar surface area (TPSA) is 87.1 Å². The fourth-order valence-electron chi connectivity index (χ4n) is 0.925. The number of rotatable bonds is 1. The lowest BCUT2D eigenvalue weighted by Crippen LogP contribution is -2.43. The molecule has 0 aromatic carbocycles. The van der Waals surface area contributed by atoms with Crippen molar-refractivity contribution in [2.45, 2.75) is 26.3 Å². The Hall–Kier alpha value is -1.92. The van der Waals surface area contributed by atoms with Gasteiger partial charge in [-0.15, -0.1) is 0 Å². The second-order valence-electron chi connectivity index (χ2n) is 4.20. The Balaban J connectivity index is 2.73. The van der Waals surface area contributed by atoms with E-state index in [1.54, 1.807) is 20.8 Å². The van der Waals surface area contributed by atoms with Crippen LogP contribution < -0.4 is 10.6 Å². The van der Waals surface area contributed by atoms with Gasteiger partial charge in [-0.2, -0.15) is 4.98 Å². The fraction of sp³-hybridized carbons (Fsp3) is 0.444. The van der Waals surface area contributed by atoms with Crippen molar-refractivity contribution in [3.63, 3.8) is 0 Å². The molecule has 0 bridgehead atoms. The van der Waals surface area contributed by atoms with Crippen LogP contribution in [-0.2, 0) is 0 Å². The predicted octanol–water partition coefficient (Wildman–Crippen LogP) is 1.24. The molecule has 0 unspecified atom stereocenters. The van der Waals surface area contributed by atoms with Gasteiger partial charge in [0, 0.05) is 5.54 Å². The summed E-state index contributed by atoms with van der Waals surface area (Å²) >= 11 is 0. The van der Waals surface area contributed by atoms with Gasteiger partial charge >= 0.3 is 12.0 Å². The molecule has 3 N–H and O–H groups in total. The van der Waals surface area contributed by atoms with Crippen LogP contribution >= 0.6 is 0 Å². The van der Waals surface area contributed by atoms with Gasteiger partial charge in [-0.05, 0) is 20.8 Å². The molecule has 0 radical (unpaired) electrons. The van der Waals surface area contributed by atoms with Crippen molar-refractivity contribution >= 4 is 11.8 Å². The van der Waals surface area contributed by atoms with Crippen LogP contribution in [0.4, 0.5) is 15.0 Å². The van der Waals surface area contributed by atoms with E-state index < -0.39 is 23.4 Å². The van der Waals surface area contributed by atoms with Gasteiger partial charge in [-0.25, -0.2) is 14.2 Å². The molecule has 88 valence electrons. The molecule has 0 fully saturated rings. The maximum Gasteiger partial charge on any atom is 0.320 e. The molecule has 0 saturated heterocycles. The number of urea groups is 1. The number of hydrogen-bond donors (Lipinski definition) is 3. The first-order chi connectivity index (χ1) is 7.28. The molecule has 0 atom stereocenters. The second-order valence-corrected chi connectivity index (χ2v) is 4.20. The highest BCUT2D eigenvalue weighted by Crippen LogP contribution is 2.12. The molecule has 7 heteroatoms. The average molecular weight is 228 g/mol. The first kappa shape index (κ1) is 12.2. The van der Waals surface area contributed by atoms with E-state index in [0.717, 1.165) is 6.20 Å². The number of aromatic nitrogens is 2. The van der Waals surface area contributed by atoms with Crippen LogP contribution in [0.2, 0.25) is 0 Å². The molecule has 0 aliphatic heterocycles. The van der Waals surface area contributed by atoms with Crippen LogP contribution in [0.3, 0.4) is 0 Å². The van der Waals surface area contributed by atoms with Gasteiger partial charge in [0.1, 0.15) is 0 Å². The number of carbonyl (C=O) groups excluding carboxylic acids is 1. The van der Waals surface area contributed by atoms with E-state index >= 15 is 0 Å². The predicted molar refractivity (Wildman–Crippen MR) is 55.6 cm³/mol. The van der Waals surface area contributed by atoms with Gasteiger partial charge in [0.05, 0.1) is 6.20 Å². The SMILES string of the molecule is CC(C)(C)NC(=O)Nc1nc(O)ncc1F. The molecule has 2 amide bonds. The third-order valence-corrected chi connectivity index (χ3v) is 1.45. The quantitative estimate of drug-likeness (QED) is 0.674. The molecule has 16 heavy (non-hydrogen) atoms. The summed E-state index contributed by atoms with van der Waals surface area (Å²) < 4.78 is 13.1. The van der Waals surface area contributed by atoms with Crippen molar-refractivity contribution in [3.05, 3.63) is 12.0 Å². The summed E-state index contributed by atoms with van der Waals surface area (Å²) in [6.07, 6.45) is 0.773. The van der Waals surface area contributed by atoms with E-state index in [4.69, 9.17) is 5.11 Å². The third-order valence-electron chi connectivity index (χ3n) is 1.45. The van der Waals surface area contributed by atoms with Crippen molar-refractivity contribution in [1.82, 2.24) is 15.3 Å². The number of amides is 2. The average Bonchev–Trinajstić information content (AvgIpc) is 2.08. The van der Waals surface area contributed by atoms with E-state index in [1.807, 2.05) is 0 Å². The van der Waals surface area contributed by atoms with E-state index in [1.165, 1.54) is 0 Å². The number of nitrogens with zero attached hydrogens (tertiary/aromatic N) is 2. The minimum atomic E-state index is -0.818. The summed E-state index contributed by atoms with van der Waals surface area (Å²) in [4.78, 5) is 17.9. The maximum absolute atomic E-state index is 13.1. The Morgan fingerprint density at radius 1 is 1.50 bits per heavy atom. The smallest absolute Gasteiger partial charge is 0.320 e. The number of anilines is 1. The maximum atomic E-state index is 13.1. The van der Waals surface area contributed by atoms with Gasteiger partial charge < -0.3 is 10.4 Å². The first-order valence-electron chi connectivity index (χ1n) is 4.58. The molecule has 0 aliphatic carbocycles. The summed E-state index contributed by atoms with van der Waals surface area (Å²) in [5.74, 6) is -1.18. The van der Waals surface area contributed by atoms with Crippen LogP contribution in [0.15, 0.2) is 6.20 Å². The van der Waals surface area contributed by atoms with Crippen LogP contribution in [0.25, 0.3) is 0 Å². The van der Waals surface area contributed by atoms with Gasteiger partial charge in [0.2, 0.25) is 0 Å². The molecule has 1 heterocycles. The molecular formula is C9H13FN4O2. The molecule has 0 saturated carbocycles. The van der Waals surface area contributed by atoms with Crippen molar-refractivity contribution < 1.29 is 14.3 Å². The summed E-state index contributed by atoms with van der Waals surface area (Å²) in [7, 11) is 0. The molecule has 1 aromatic rings. The number of nitrogens with one attached hydrogen (secondary N) is 2. The lowest BCUT2D eigenvalue weighted by Gasteiger charge is -2.20. The highest BCUT2D eigenvalue weighted by Gasteiger charge is 2.16. The molecule has 1 rings (SSSR count). The van der Waals surface area contributed by atoms with Crippen LogP contribution in [0, 0.1) is 5.82 Å². The summed E-state index contributed by atoms with van der Waals surface area (Å²) in [5.41, 5.74) is -0.449. The van der Waals surface area contributed by atoms with E-state index in [2.05, 4.69) is 20.6 Å². The number of aromatic hydroxyl groups is 1. The van der Waals surface area contributed by atoms with Crippen LogP contribution in [0.5, 0.6) is 6.01 Å². The summed E-state index contributed by atoms with van der Waals surface area (Å²) in [5, 5.41) is 13.6. The molecule has 0 spiro atoms. The van der Waals surface area contributed by atoms with Gasteiger partial charge in [-0.3, -0.25) is 5.32 Å².